The first-order chi connectivity index (χ1) is 16.2. The van der Waals surface area contributed by atoms with Gasteiger partial charge in [0.05, 0.1) is 30.7 Å². The summed E-state index contributed by atoms with van der Waals surface area (Å²) < 4.78 is 35.6. The van der Waals surface area contributed by atoms with Gasteiger partial charge in [-0.15, -0.1) is 0 Å². The summed E-state index contributed by atoms with van der Waals surface area (Å²) in [5.74, 6) is -2.92. The third-order valence-corrected chi connectivity index (χ3v) is 12.1. The van der Waals surface area contributed by atoms with Crippen LogP contribution in [0.25, 0.3) is 0 Å². The van der Waals surface area contributed by atoms with E-state index in [1.807, 2.05) is 13.0 Å². The minimum atomic E-state index is -2.18. The molecule has 2 aromatic rings. The molecule has 0 aliphatic carbocycles. The van der Waals surface area contributed by atoms with Crippen molar-refractivity contribution in [1.82, 2.24) is 4.90 Å². The Hall–Kier alpha value is -2.58. The van der Waals surface area contributed by atoms with Crippen molar-refractivity contribution in [2.45, 2.75) is 77.7 Å². The molecule has 190 valence electrons. The Morgan fingerprint density at radius 3 is 2.43 bits per heavy atom. The fraction of sp³-hybridized carbons (Fsp3) is 0.481. The molecular weight excluding hydrogens is 468 g/mol. The number of halogens is 2. The van der Waals surface area contributed by atoms with E-state index in [1.165, 1.54) is 19.1 Å². The maximum absolute atomic E-state index is 14.7. The quantitative estimate of drug-likeness (QED) is 0.487. The van der Waals surface area contributed by atoms with Crippen LogP contribution in [-0.2, 0) is 22.1 Å². The molecule has 0 radical (unpaired) electrons. The smallest absolute Gasteiger partial charge is 0.335 e. The molecule has 1 N–H and O–H groups in total. The Labute approximate surface area is 207 Å². The number of nitrogens with zero attached hydrogens (tertiary/aromatic N) is 1. The van der Waals surface area contributed by atoms with Gasteiger partial charge in [-0.05, 0) is 67.2 Å². The van der Waals surface area contributed by atoms with Crippen molar-refractivity contribution in [3.05, 3.63) is 69.8 Å². The van der Waals surface area contributed by atoms with E-state index in [4.69, 9.17) is 4.43 Å². The molecule has 1 amide bonds. The lowest BCUT2D eigenvalue weighted by Gasteiger charge is -2.44. The minimum absolute atomic E-state index is 0.0555. The average molecular weight is 504 g/mol. The number of carboxylic acids is 1. The first kappa shape index (κ1) is 27.0. The molecule has 35 heavy (non-hydrogen) atoms. The zero-order chi connectivity index (χ0) is 26.3. The molecule has 0 fully saturated rings. The van der Waals surface area contributed by atoms with Crippen LogP contribution in [0.15, 0.2) is 30.3 Å². The lowest BCUT2D eigenvalue weighted by molar-refractivity contribution is -0.137. The first-order valence-corrected chi connectivity index (χ1v) is 14.8. The van der Waals surface area contributed by atoms with Crippen LogP contribution in [0, 0.1) is 18.6 Å². The molecule has 2 atom stereocenters. The Morgan fingerprint density at radius 1 is 1.17 bits per heavy atom. The summed E-state index contributed by atoms with van der Waals surface area (Å²) in [4.78, 5) is 27.1. The van der Waals surface area contributed by atoms with Crippen molar-refractivity contribution >= 4 is 20.2 Å². The average Bonchev–Trinajstić information content (AvgIpc) is 2.76. The summed E-state index contributed by atoms with van der Waals surface area (Å²) in [6.07, 6.45) is -0.129. The van der Waals surface area contributed by atoms with Crippen molar-refractivity contribution in [2.24, 2.45) is 0 Å². The molecule has 5 nitrogen and oxygen atoms in total. The van der Waals surface area contributed by atoms with Crippen LogP contribution in [-0.4, -0.2) is 42.8 Å². The van der Waals surface area contributed by atoms with E-state index in [0.29, 0.717) is 12.0 Å². The highest BCUT2D eigenvalue weighted by atomic mass is 28.4. The fourth-order valence-electron chi connectivity index (χ4n) is 4.42. The van der Waals surface area contributed by atoms with Crippen LogP contribution in [0.3, 0.4) is 0 Å². The van der Waals surface area contributed by atoms with Crippen LogP contribution in [0.4, 0.5) is 8.78 Å². The summed E-state index contributed by atoms with van der Waals surface area (Å²) in [5, 5.41) is 9.69. The van der Waals surface area contributed by atoms with Gasteiger partial charge in [-0.25, -0.2) is 13.6 Å². The molecule has 2 aromatic carbocycles. The SMILES string of the molecule is Cc1ccc(F)c(CC(=O)N2[C@@H](CO[Si](C)(C)C(C)(C)C)Cc3c(C(=O)O)cccc3[C@@H]2C)c1F. The molecule has 0 spiro atoms. The van der Waals surface area contributed by atoms with E-state index in [2.05, 4.69) is 33.9 Å². The zero-order valence-corrected chi connectivity index (χ0v) is 22.5. The van der Waals surface area contributed by atoms with Gasteiger partial charge >= 0.3 is 5.97 Å². The molecule has 0 saturated carbocycles. The Balaban J connectivity index is 2.02. The summed E-state index contributed by atoms with van der Waals surface area (Å²) >= 11 is 0. The number of fused-ring (bicyclic) bond motifs is 1. The molecule has 0 bridgehead atoms. The largest absolute Gasteiger partial charge is 0.478 e. The van der Waals surface area contributed by atoms with Gasteiger partial charge < -0.3 is 14.4 Å². The van der Waals surface area contributed by atoms with Crippen molar-refractivity contribution in [3.63, 3.8) is 0 Å². The third kappa shape index (κ3) is 5.33. The number of benzene rings is 2. The standard InChI is InChI=1S/C27H35F2NO4Si/c1-16-11-12-23(28)22(25(16)29)14-24(31)30-17(2)19-9-8-10-20(26(32)33)21(19)13-18(30)15-34-35(6,7)27(3,4)5/h8-12,17-18H,13-15H2,1-7H3,(H,32,33)/t17-,18+/m0/s1. The van der Waals surface area contributed by atoms with Crippen LogP contribution in [0.5, 0.6) is 0 Å². The number of carboxylic acid groups (broad SMARTS) is 1. The fourth-order valence-corrected chi connectivity index (χ4v) is 5.47. The number of amides is 1. The summed E-state index contributed by atoms with van der Waals surface area (Å²) in [6.45, 7) is 14.2. The molecule has 1 aliphatic heterocycles. The molecule has 1 aliphatic rings. The van der Waals surface area contributed by atoms with Crippen LogP contribution in [0.1, 0.15) is 66.3 Å². The topological polar surface area (TPSA) is 66.8 Å². The number of aryl methyl sites for hydroxylation is 1. The molecule has 8 heteroatoms. The van der Waals surface area contributed by atoms with E-state index in [0.717, 1.165) is 5.56 Å². The predicted octanol–water partition coefficient (Wildman–Crippen LogP) is 6.05. The van der Waals surface area contributed by atoms with E-state index in [-0.39, 0.29) is 28.3 Å². The number of aromatic carboxylic acids is 1. The maximum Gasteiger partial charge on any atom is 0.335 e. The van der Waals surface area contributed by atoms with Crippen molar-refractivity contribution < 1.29 is 27.9 Å². The van der Waals surface area contributed by atoms with E-state index in [1.54, 1.807) is 17.0 Å². The Kier molecular flexibility index (Phi) is 7.58. The van der Waals surface area contributed by atoms with Crippen molar-refractivity contribution in [1.29, 1.82) is 0 Å². The van der Waals surface area contributed by atoms with Crippen LogP contribution < -0.4 is 0 Å². The van der Waals surface area contributed by atoms with E-state index < -0.39 is 50.3 Å². The highest BCUT2D eigenvalue weighted by molar-refractivity contribution is 6.74. The predicted molar refractivity (Wildman–Crippen MR) is 134 cm³/mol. The zero-order valence-electron chi connectivity index (χ0n) is 21.5. The highest BCUT2D eigenvalue weighted by Crippen LogP contribution is 2.39. The van der Waals surface area contributed by atoms with Gasteiger partial charge in [0.1, 0.15) is 11.6 Å². The van der Waals surface area contributed by atoms with Gasteiger partial charge in [-0.2, -0.15) is 0 Å². The monoisotopic (exact) mass is 503 g/mol. The van der Waals surface area contributed by atoms with Crippen molar-refractivity contribution in [3.8, 4) is 0 Å². The number of rotatable bonds is 6. The second-order valence-electron chi connectivity index (χ2n) is 10.9. The first-order valence-electron chi connectivity index (χ1n) is 11.9. The van der Waals surface area contributed by atoms with Crippen LogP contribution >= 0.6 is 0 Å². The minimum Gasteiger partial charge on any atom is -0.478 e. The van der Waals surface area contributed by atoms with Crippen LogP contribution in [0.2, 0.25) is 18.1 Å². The van der Waals surface area contributed by atoms with Gasteiger partial charge in [-0.1, -0.05) is 39.0 Å². The molecule has 3 rings (SSSR count). The summed E-state index contributed by atoms with van der Waals surface area (Å²) in [5.41, 5.74) is 1.63. The molecule has 0 aromatic heterocycles. The molecular formula is C27H35F2NO4Si. The lowest BCUT2D eigenvalue weighted by atomic mass is 9.85. The van der Waals surface area contributed by atoms with Gasteiger partial charge in [-0.3, -0.25) is 4.79 Å². The second-order valence-corrected chi connectivity index (χ2v) is 15.7. The van der Waals surface area contributed by atoms with Gasteiger partial charge in [0, 0.05) is 5.56 Å². The summed E-state index contributed by atoms with van der Waals surface area (Å²) in [6, 6.07) is 6.62. The Morgan fingerprint density at radius 2 is 1.83 bits per heavy atom. The highest BCUT2D eigenvalue weighted by Gasteiger charge is 2.41. The second kappa shape index (κ2) is 9.82. The van der Waals surface area contributed by atoms with Gasteiger partial charge in [0.2, 0.25) is 5.91 Å². The number of carbonyl (C=O) groups is 2. The number of hydrogen-bond donors (Lipinski definition) is 1. The van der Waals surface area contributed by atoms with E-state index >= 15 is 0 Å². The van der Waals surface area contributed by atoms with Gasteiger partial charge in [0.25, 0.3) is 0 Å². The molecule has 0 unspecified atom stereocenters. The molecule has 0 saturated heterocycles. The van der Waals surface area contributed by atoms with Gasteiger partial charge in [0.15, 0.2) is 8.32 Å². The maximum atomic E-state index is 14.7. The number of hydrogen-bond acceptors (Lipinski definition) is 3. The normalized spacial score (nSPS) is 18.4. The number of carbonyl (C=O) groups excluding carboxylic acids is 1. The van der Waals surface area contributed by atoms with E-state index in [9.17, 15) is 23.5 Å². The van der Waals surface area contributed by atoms with Crippen molar-refractivity contribution in [2.75, 3.05) is 6.61 Å². The third-order valence-electron chi connectivity index (χ3n) is 7.58. The summed E-state index contributed by atoms with van der Waals surface area (Å²) in [7, 11) is -2.18. The Bertz CT molecular complexity index is 1140. The lowest BCUT2D eigenvalue weighted by Crippen LogP contribution is -2.52. The molecule has 1 heterocycles.